The van der Waals surface area contributed by atoms with Crippen molar-refractivity contribution in [1.29, 1.82) is 0 Å². The van der Waals surface area contributed by atoms with Crippen molar-refractivity contribution in [3.8, 4) is 0 Å². The zero-order chi connectivity index (χ0) is 17.7. The van der Waals surface area contributed by atoms with Crippen molar-refractivity contribution in [2.45, 2.75) is 33.1 Å². The third-order valence-electron chi connectivity index (χ3n) is 4.30. The molecular formula is C18H24N2O4. The van der Waals surface area contributed by atoms with E-state index in [2.05, 4.69) is 12.2 Å². The van der Waals surface area contributed by atoms with Crippen LogP contribution in [0.15, 0.2) is 24.3 Å². The molecule has 2 atom stereocenters. The molecule has 1 saturated heterocycles. The first-order chi connectivity index (χ1) is 11.4. The van der Waals surface area contributed by atoms with Gasteiger partial charge in [0, 0.05) is 31.6 Å². The number of amides is 2. The molecule has 1 heterocycles. The zero-order valence-electron chi connectivity index (χ0n) is 14.1. The van der Waals surface area contributed by atoms with E-state index in [1.807, 2.05) is 24.3 Å². The molecule has 0 radical (unpaired) electrons. The lowest BCUT2D eigenvalue weighted by Gasteiger charge is -2.17. The molecule has 24 heavy (non-hydrogen) atoms. The lowest BCUT2D eigenvalue weighted by molar-refractivity contribution is -0.138. The van der Waals surface area contributed by atoms with Gasteiger partial charge in [-0.15, -0.1) is 0 Å². The summed E-state index contributed by atoms with van der Waals surface area (Å²) >= 11 is 0. The average Bonchev–Trinajstić information content (AvgIpc) is 2.94. The Kier molecular flexibility index (Phi) is 5.95. The fourth-order valence-corrected chi connectivity index (χ4v) is 2.83. The molecule has 1 aromatic carbocycles. The fourth-order valence-electron chi connectivity index (χ4n) is 2.83. The summed E-state index contributed by atoms with van der Waals surface area (Å²) in [6.45, 7) is 4.52. The third-order valence-corrected chi connectivity index (χ3v) is 4.30. The number of aliphatic carboxylic acids is 1. The van der Waals surface area contributed by atoms with Crippen LogP contribution in [0.5, 0.6) is 0 Å². The molecule has 0 aliphatic carbocycles. The lowest BCUT2D eigenvalue weighted by atomic mass is 10.1. The van der Waals surface area contributed by atoms with Gasteiger partial charge < -0.3 is 15.3 Å². The maximum absolute atomic E-state index is 12.2. The highest BCUT2D eigenvalue weighted by molar-refractivity contribution is 6.00. The maximum Gasteiger partial charge on any atom is 0.303 e. The number of rotatable bonds is 7. The first-order valence-electron chi connectivity index (χ1n) is 8.29. The monoisotopic (exact) mass is 332 g/mol. The van der Waals surface area contributed by atoms with Crippen LogP contribution in [0.3, 0.4) is 0 Å². The van der Waals surface area contributed by atoms with Gasteiger partial charge in [-0.25, -0.2) is 0 Å². The maximum atomic E-state index is 12.2. The summed E-state index contributed by atoms with van der Waals surface area (Å²) in [7, 11) is 0. The first-order valence-corrected chi connectivity index (χ1v) is 8.29. The minimum Gasteiger partial charge on any atom is -0.481 e. The van der Waals surface area contributed by atoms with Gasteiger partial charge in [-0.1, -0.05) is 26.0 Å². The van der Waals surface area contributed by atoms with Crippen molar-refractivity contribution in [1.82, 2.24) is 5.32 Å². The number of hydrogen-bond donors (Lipinski definition) is 2. The van der Waals surface area contributed by atoms with Crippen molar-refractivity contribution in [2.24, 2.45) is 11.8 Å². The van der Waals surface area contributed by atoms with Crippen molar-refractivity contribution in [3.63, 3.8) is 0 Å². The Labute approximate surface area is 141 Å². The number of carbonyl (C=O) groups is 3. The number of aryl methyl sites for hydroxylation is 1. The standard InChI is InChI=1S/C18H24N2O4/c1-3-13-4-6-15(7-5-13)20-11-14(9-16(20)21)18(24)19-10-12(2)8-17(22)23/h4-7,12,14H,3,8-11H2,1-2H3,(H,19,24)(H,22,23). The van der Waals surface area contributed by atoms with E-state index in [1.165, 1.54) is 5.56 Å². The van der Waals surface area contributed by atoms with Gasteiger partial charge in [0.1, 0.15) is 0 Å². The van der Waals surface area contributed by atoms with E-state index in [9.17, 15) is 14.4 Å². The highest BCUT2D eigenvalue weighted by atomic mass is 16.4. The summed E-state index contributed by atoms with van der Waals surface area (Å²) in [4.78, 5) is 36.7. The lowest BCUT2D eigenvalue weighted by Crippen LogP contribution is -2.35. The van der Waals surface area contributed by atoms with Gasteiger partial charge in [-0.2, -0.15) is 0 Å². The number of benzene rings is 1. The van der Waals surface area contributed by atoms with E-state index in [1.54, 1.807) is 11.8 Å². The predicted molar refractivity (Wildman–Crippen MR) is 90.7 cm³/mol. The second-order valence-corrected chi connectivity index (χ2v) is 6.37. The predicted octanol–water partition coefficient (Wildman–Crippen LogP) is 1.83. The first kappa shape index (κ1) is 18.0. The number of carboxylic acids is 1. The van der Waals surface area contributed by atoms with Crippen molar-refractivity contribution in [3.05, 3.63) is 29.8 Å². The van der Waals surface area contributed by atoms with Gasteiger partial charge in [-0.3, -0.25) is 14.4 Å². The summed E-state index contributed by atoms with van der Waals surface area (Å²) < 4.78 is 0. The minimum absolute atomic E-state index is 0.0137. The van der Waals surface area contributed by atoms with Crippen LogP contribution in [0, 0.1) is 11.8 Å². The molecule has 2 rings (SSSR count). The smallest absolute Gasteiger partial charge is 0.303 e. The Morgan fingerprint density at radius 1 is 1.33 bits per heavy atom. The topological polar surface area (TPSA) is 86.7 Å². The Balaban J connectivity index is 1.91. The molecule has 0 saturated carbocycles. The average molecular weight is 332 g/mol. The van der Waals surface area contributed by atoms with Crippen molar-refractivity contribution >= 4 is 23.5 Å². The van der Waals surface area contributed by atoms with E-state index in [0.29, 0.717) is 13.1 Å². The molecule has 0 bridgehead atoms. The summed E-state index contributed by atoms with van der Waals surface area (Å²) in [5, 5.41) is 11.5. The van der Waals surface area contributed by atoms with Gasteiger partial charge >= 0.3 is 5.97 Å². The number of carbonyl (C=O) groups excluding carboxylic acids is 2. The van der Waals surface area contributed by atoms with Crippen LogP contribution < -0.4 is 10.2 Å². The van der Waals surface area contributed by atoms with Crippen LogP contribution in [-0.2, 0) is 20.8 Å². The largest absolute Gasteiger partial charge is 0.481 e. The number of hydrogen-bond acceptors (Lipinski definition) is 3. The summed E-state index contributed by atoms with van der Waals surface area (Å²) in [5.41, 5.74) is 2.01. The third kappa shape index (κ3) is 4.57. The molecule has 130 valence electrons. The molecule has 1 aromatic rings. The quantitative estimate of drug-likeness (QED) is 0.797. The molecule has 2 N–H and O–H groups in total. The molecule has 0 aromatic heterocycles. The van der Waals surface area contributed by atoms with Gasteiger partial charge in [0.15, 0.2) is 0 Å². The number of nitrogens with one attached hydrogen (secondary N) is 1. The SMILES string of the molecule is CCc1ccc(N2CC(C(=O)NCC(C)CC(=O)O)CC2=O)cc1. The van der Waals surface area contributed by atoms with Gasteiger partial charge in [-0.05, 0) is 30.0 Å². The highest BCUT2D eigenvalue weighted by Crippen LogP contribution is 2.25. The molecule has 0 spiro atoms. The van der Waals surface area contributed by atoms with E-state index in [4.69, 9.17) is 5.11 Å². The zero-order valence-corrected chi connectivity index (χ0v) is 14.1. The van der Waals surface area contributed by atoms with Crippen LogP contribution in [0.4, 0.5) is 5.69 Å². The van der Waals surface area contributed by atoms with Gasteiger partial charge in [0.25, 0.3) is 0 Å². The van der Waals surface area contributed by atoms with E-state index < -0.39 is 5.97 Å². The van der Waals surface area contributed by atoms with E-state index >= 15 is 0 Å². The number of carboxylic acid groups (broad SMARTS) is 1. The van der Waals surface area contributed by atoms with Gasteiger partial charge in [0.05, 0.1) is 5.92 Å². The molecule has 6 nitrogen and oxygen atoms in total. The Hall–Kier alpha value is -2.37. The van der Waals surface area contributed by atoms with Crippen LogP contribution in [-0.4, -0.2) is 36.0 Å². The number of nitrogens with zero attached hydrogens (tertiary/aromatic N) is 1. The Morgan fingerprint density at radius 2 is 2.00 bits per heavy atom. The molecule has 1 aliphatic heterocycles. The number of anilines is 1. The van der Waals surface area contributed by atoms with Crippen LogP contribution in [0.2, 0.25) is 0 Å². The van der Waals surface area contributed by atoms with Crippen LogP contribution in [0.25, 0.3) is 0 Å². The second-order valence-electron chi connectivity index (χ2n) is 6.37. The summed E-state index contributed by atoms with van der Waals surface area (Å²) in [5.74, 6) is -1.65. The summed E-state index contributed by atoms with van der Waals surface area (Å²) in [6, 6.07) is 7.80. The van der Waals surface area contributed by atoms with Crippen molar-refractivity contribution in [2.75, 3.05) is 18.0 Å². The normalized spacial score (nSPS) is 18.5. The minimum atomic E-state index is -0.880. The fraction of sp³-hybridized carbons (Fsp3) is 0.500. The Morgan fingerprint density at radius 3 is 2.58 bits per heavy atom. The van der Waals surface area contributed by atoms with E-state index in [0.717, 1.165) is 12.1 Å². The van der Waals surface area contributed by atoms with Gasteiger partial charge in [0.2, 0.25) is 11.8 Å². The molecule has 1 fully saturated rings. The van der Waals surface area contributed by atoms with E-state index in [-0.39, 0.29) is 36.5 Å². The summed E-state index contributed by atoms with van der Waals surface area (Å²) in [6.07, 6.45) is 1.14. The molecule has 2 unspecified atom stereocenters. The highest BCUT2D eigenvalue weighted by Gasteiger charge is 2.35. The van der Waals surface area contributed by atoms with Crippen LogP contribution in [0.1, 0.15) is 32.3 Å². The van der Waals surface area contributed by atoms with Crippen molar-refractivity contribution < 1.29 is 19.5 Å². The Bertz CT molecular complexity index is 612. The molecule has 2 amide bonds. The van der Waals surface area contributed by atoms with Crippen LogP contribution >= 0.6 is 0 Å². The molecular weight excluding hydrogens is 308 g/mol. The second kappa shape index (κ2) is 7.95. The molecule has 6 heteroatoms. The molecule has 1 aliphatic rings.